The van der Waals surface area contributed by atoms with Crippen LogP contribution in [0.1, 0.15) is 31.1 Å². The molecule has 2 N–H and O–H groups in total. The number of hydrogen-bond donors (Lipinski definition) is 2. The number of sulfonamides is 1. The van der Waals surface area contributed by atoms with E-state index in [9.17, 15) is 28.1 Å². The number of nitrogens with one attached hydrogen (secondary N) is 2. The maximum atomic E-state index is 12.6. The molecule has 2 aromatic rings. The fourth-order valence-electron chi connectivity index (χ4n) is 2.71. The number of benzene rings is 2. The van der Waals surface area contributed by atoms with Crippen LogP contribution in [0.5, 0.6) is 0 Å². The average molecular weight is 481 g/mol. The molecule has 2 rings (SSSR count). The minimum absolute atomic E-state index is 0.0118. The number of amides is 2. The van der Waals surface area contributed by atoms with Crippen LogP contribution < -0.4 is 10.9 Å². The number of carbonyl (C=O) groups is 2. The molecule has 0 radical (unpaired) electrons. The minimum atomic E-state index is -3.72. The first-order valence-electron chi connectivity index (χ1n) is 9.71. The number of hydrogen-bond acceptors (Lipinski definition) is 7. The van der Waals surface area contributed by atoms with Crippen molar-refractivity contribution in [2.24, 2.45) is 0 Å². The van der Waals surface area contributed by atoms with Crippen molar-refractivity contribution >= 4 is 39.3 Å². The highest BCUT2D eigenvalue weighted by Gasteiger charge is 2.23. The van der Waals surface area contributed by atoms with Gasteiger partial charge in [-0.15, -0.1) is 11.8 Å². The van der Waals surface area contributed by atoms with E-state index in [-0.39, 0.29) is 16.1 Å². The summed E-state index contributed by atoms with van der Waals surface area (Å²) in [7, 11) is -3.72. The molecule has 0 fully saturated rings. The van der Waals surface area contributed by atoms with Gasteiger partial charge in [0.15, 0.2) is 0 Å². The molecule has 0 aliphatic carbocycles. The van der Waals surface area contributed by atoms with Gasteiger partial charge in [0.2, 0.25) is 10.0 Å². The van der Waals surface area contributed by atoms with Gasteiger partial charge in [-0.3, -0.25) is 30.6 Å². The van der Waals surface area contributed by atoms with Crippen molar-refractivity contribution in [2.45, 2.75) is 35.8 Å². The van der Waals surface area contributed by atoms with E-state index < -0.39 is 32.0 Å². The summed E-state index contributed by atoms with van der Waals surface area (Å²) in [6.07, 6.45) is 0. The molecule has 0 saturated heterocycles. The maximum Gasteiger partial charge on any atom is 0.269 e. The van der Waals surface area contributed by atoms with Crippen LogP contribution in [0.2, 0.25) is 0 Å². The zero-order valence-electron chi connectivity index (χ0n) is 17.8. The van der Waals surface area contributed by atoms with E-state index in [0.29, 0.717) is 18.0 Å². The Morgan fingerprint density at radius 1 is 1.09 bits per heavy atom. The lowest BCUT2D eigenvalue weighted by Gasteiger charge is -2.18. The van der Waals surface area contributed by atoms with Crippen LogP contribution in [0.3, 0.4) is 0 Å². The summed E-state index contributed by atoms with van der Waals surface area (Å²) >= 11 is 1.16. The van der Waals surface area contributed by atoms with Crippen LogP contribution in [0.4, 0.5) is 5.69 Å². The standard InChI is InChI=1S/C20H24N4O6S2/c1-4-23(5-2)32(29,30)18-8-6-7-15(13-18)20(26)22-21-19(25)14(3)31-17-11-9-16(10-12-17)24(27)28/h6-14H,4-5H2,1-3H3,(H,21,25)(H,22,26). The molecule has 0 spiro atoms. The molecule has 1 atom stereocenters. The molecule has 0 saturated carbocycles. The van der Waals surface area contributed by atoms with E-state index in [1.54, 1.807) is 20.8 Å². The molecule has 0 heterocycles. The molecule has 172 valence electrons. The van der Waals surface area contributed by atoms with E-state index in [2.05, 4.69) is 10.9 Å². The zero-order chi connectivity index (χ0) is 23.9. The van der Waals surface area contributed by atoms with Gasteiger partial charge in [-0.05, 0) is 37.3 Å². The van der Waals surface area contributed by atoms with Crippen LogP contribution in [-0.2, 0) is 14.8 Å². The molecule has 2 amide bonds. The van der Waals surface area contributed by atoms with Gasteiger partial charge in [0.1, 0.15) is 0 Å². The minimum Gasteiger partial charge on any atom is -0.272 e. The van der Waals surface area contributed by atoms with Gasteiger partial charge in [-0.1, -0.05) is 19.9 Å². The Balaban J connectivity index is 1.99. The van der Waals surface area contributed by atoms with Crippen molar-refractivity contribution in [3.05, 3.63) is 64.2 Å². The number of non-ortho nitro benzene ring substituents is 1. The average Bonchev–Trinajstić information content (AvgIpc) is 2.78. The van der Waals surface area contributed by atoms with Gasteiger partial charge in [-0.25, -0.2) is 8.42 Å². The Morgan fingerprint density at radius 2 is 1.72 bits per heavy atom. The number of nitro groups is 1. The molecule has 2 aromatic carbocycles. The van der Waals surface area contributed by atoms with Gasteiger partial charge in [0.25, 0.3) is 17.5 Å². The normalized spacial score (nSPS) is 12.2. The molecule has 0 aromatic heterocycles. The Hall–Kier alpha value is -2.96. The smallest absolute Gasteiger partial charge is 0.269 e. The first-order chi connectivity index (χ1) is 15.1. The fraction of sp³-hybridized carbons (Fsp3) is 0.300. The molecule has 12 heteroatoms. The van der Waals surface area contributed by atoms with Crippen LogP contribution in [0.25, 0.3) is 0 Å². The van der Waals surface area contributed by atoms with Crippen molar-refractivity contribution in [2.75, 3.05) is 13.1 Å². The summed E-state index contributed by atoms with van der Waals surface area (Å²) in [5.41, 5.74) is 4.61. The van der Waals surface area contributed by atoms with E-state index >= 15 is 0 Å². The molecule has 32 heavy (non-hydrogen) atoms. The van der Waals surface area contributed by atoms with E-state index in [4.69, 9.17) is 0 Å². The van der Waals surface area contributed by atoms with E-state index in [1.807, 2.05) is 0 Å². The molecule has 0 aliphatic rings. The molecular weight excluding hydrogens is 456 g/mol. The lowest BCUT2D eigenvalue weighted by molar-refractivity contribution is -0.384. The number of nitrogens with zero attached hydrogens (tertiary/aromatic N) is 2. The maximum absolute atomic E-state index is 12.6. The summed E-state index contributed by atoms with van der Waals surface area (Å²) in [4.78, 5) is 35.5. The van der Waals surface area contributed by atoms with Crippen LogP contribution >= 0.6 is 11.8 Å². The number of hydrazine groups is 1. The molecule has 10 nitrogen and oxygen atoms in total. The molecule has 0 aliphatic heterocycles. The Kier molecular flexibility index (Phi) is 8.75. The molecular formula is C20H24N4O6S2. The summed E-state index contributed by atoms with van der Waals surface area (Å²) in [5.74, 6) is -1.16. The first-order valence-corrected chi connectivity index (χ1v) is 12.0. The SMILES string of the molecule is CCN(CC)S(=O)(=O)c1cccc(C(=O)NNC(=O)C(C)Sc2ccc([N+](=O)[O-])cc2)c1. The summed E-state index contributed by atoms with van der Waals surface area (Å²) < 4.78 is 26.6. The first kappa shape index (κ1) is 25.3. The Labute approximate surface area is 190 Å². The summed E-state index contributed by atoms with van der Waals surface area (Å²) in [5, 5.41) is 10.1. The summed E-state index contributed by atoms with van der Waals surface area (Å²) in [6, 6.07) is 11.3. The van der Waals surface area contributed by atoms with Crippen molar-refractivity contribution in [3.63, 3.8) is 0 Å². The van der Waals surface area contributed by atoms with Crippen molar-refractivity contribution in [1.82, 2.24) is 15.2 Å². The topological polar surface area (TPSA) is 139 Å². The Morgan fingerprint density at radius 3 is 2.28 bits per heavy atom. The largest absolute Gasteiger partial charge is 0.272 e. The second kappa shape index (κ2) is 11.1. The van der Waals surface area contributed by atoms with Gasteiger partial charge in [0.05, 0.1) is 15.1 Å². The molecule has 1 unspecified atom stereocenters. The summed E-state index contributed by atoms with van der Waals surface area (Å²) in [6.45, 7) is 5.67. The number of thioether (sulfide) groups is 1. The van der Waals surface area contributed by atoms with Crippen LogP contribution in [0, 0.1) is 10.1 Å². The second-order valence-corrected chi connectivity index (χ2v) is 9.92. The van der Waals surface area contributed by atoms with Crippen molar-refractivity contribution in [1.29, 1.82) is 0 Å². The predicted octanol–water partition coefficient (Wildman–Crippen LogP) is 2.57. The Bertz CT molecular complexity index is 1090. The van der Waals surface area contributed by atoms with E-state index in [1.165, 1.54) is 52.8 Å². The van der Waals surface area contributed by atoms with Crippen LogP contribution in [0.15, 0.2) is 58.3 Å². The quantitative estimate of drug-likeness (QED) is 0.319. The van der Waals surface area contributed by atoms with Gasteiger partial charge in [0, 0.05) is 35.7 Å². The number of carbonyl (C=O) groups excluding carboxylic acids is 2. The van der Waals surface area contributed by atoms with Crippen molar-refractivity contribution < 1.29 is 22.9 Å². The zero-order valence-corrected chi connectivity index (χ0v) is 19.4. The molecule has 0 bridgehead atoms. The van der Waals surface area contributed by atoms with Crippen LogP contribution in [-0.4, -0.2) is 47.8 Å². The third-order valence-corrected chi connectivity index (χ3v) is 7.63. The third-order valence-electron chi connectivity index (χ3n) is 4.47. The number of rotatable bonds is 9. The lowest BCUT2D eigenvalue weighted by atomic mass is 10.2. The predicted molar refractivity (Wildman–Crippen MR) is 121 cm³/mol. The lowest BCUT2D eigenvalue weighted by Crippen LogP contribution is -2.45. The monoisotopic (exact) mass is 480 g/mol. The van der Waals surface area contributed by atoms with Gasteiger partial charge in [-0.2, -0.15) is 4.31 Å². The third kappa shape index (κ3) is 6.28. The second-order valence-electron chi connectivity index (χ2n) is 6.57. The van der Waals surface area contributed by atoms with Crippen molar-refractivity contribution in [3.8, 4) is 0 Å². The highest BCUT2D eigenvalue weighted by Crippen LogP contribution is 2.25. The number of nitro benzene ring substituents is 1. The van der Waals surface area contributed by atoms with Gasteiger partial charge < -0.3 is 0 Å². The highest BCUT2D eigenvalue weighted by atomic mass is 32.2. The van der Waals surface area contributed by atoms with Gasteiger partial charge >= 0.3 is 0 Å². The van der Waals surface area contributed by atoms with E-state index in [0.717, 1.165) is 11.8 Å². The fourth-order valence-corrected chi connectivity index (χ4v) is 5.08. The highest BCUT2D eigenvalue weighted by molar-refractivity contribution is 8.00.